The second-order valence-corrected chi connectivity index (χ2v) is 5.86. The van der Waals surface area contributed by atoms with Crippen molar-refractivity contribution in [2.75, 3.05) is 32.9 Å². The zero-order chi connectivity index (χ0) is 15.5. The molecule has 2 rings (SSSR count). The van der Waals surface area contributed by atoms with E-state index in [-0.39, 0.29) is 52.8 Å². The number of nitrogens with zero attached hydrogens (tertiary/aromatic N) is 1. The number of phenolic OH excluding ortho intramolecular Hbond substituents is 1. The molecule has 1 aromatic rings. The number of halogens is 6. The smallest absolute Gasteiger partial charge is 0.446 e. The Labute approximate surface area is 148 Å². The third-order valence-electron chi connectivity index (χ3n) is 3.33. The average Bonchev–Trinajstić information content (AvgIpc) is 2.43. The number of aromatic hydroxyl groups is 1. The van der Waals surface area contributed by atoms with Crippen LogP contribution in [0.3, 0.4) is 0 Å². The maximum Gasteiger partial charge on any atom is 0.446 e. The first-order valence-electron chi connectivity index (χ1n) is 6.50. The molecule has 1 aliphatic rings. The van der Waals surface area contributed by atoms with E-state index in [2.05, 4.69) is 5.32 Å². The second-order valence-electron chi connectivity index (χ2n) is 4.72. The number of benzene rings is 1. The summed E-state index contributed by atoms with van der Waals surface area (Å²) < 4.78 is 50.6. The van der Waals surface area contributed by atoms with E-state index in [1.807, 2.05) is 4.90 Å². The first-order valence-corrected chi connectivity index (χ1v) is 7.32. The summed E-state index contributed by atoms with van der Waals surface area (Å²) in [5, 5.41) is 13.0. The molecule has 1 saturated heterocycles. The van der Waals surface area contributed by atoms with Crippen molar-refractivity contribution < 1.29 is 22.7 Å². The van der Waals surface area contributed by atoms with Gasteiger partial charge in [0.2, 0.25) is 0 Å². The Balaban J connectivity index is 0.00000242. The van der Waals surface area contributed by atoms with E-state index >= 15 is 0 Å². The van der Waals surface area contributed by atoms with Crippen molar-refractivity contribution in [3.05, 3.63) is 23.8 Å². The number of alkyl halides is 4. The Bertz CT molecular complexity index is 488. The minimum atomic E-state index is -4.41. The first-order chi connectivity index (χ1) is 9.90. The van der Waals surface area contributed by atoms with Crippen molar-refractivity contribution in [2.24, 2.45) is 0 Å². The van der Waals surface area contributed by atoms with Gasteiger partial charge >= 0.3 is 5.51 Å². The number of thioether (sulfide) groups is 1. The first kappa shape index (κ1) is 22.6. The predicted molar refractivity (Wildman–Crippen MR) is 87.7 cm³/mol. The van der Waals surface area contributed by atoms with Crippen LogP contribution in [0.4, 0.5) is 17.6 Å². The van der Waals surface area contributed by atoms with Crippen molar-refractivity contribution in [1.29, 1.82) is 0 Å². The maximum absolute atomic E-state index is 13.4. The third kappa shape index (κ3) is 6.54. The zero-order valence-electron chi connectivity index (χ0n) is 12.0. The average molecular weight is 397 g/mol. The van der Waals surface area contributed by atoms with Crippen LogP contribution < -0.4 is 5.32 Å². The molecule has 1 heterocycles. The maximum atomic E-state index is 13.4. The molecule has 0 radical (unpaired) electrons. The van der Waals surface area contributed by atoms with E-state index in [1.54, 1.807) is 0 Å². The number of hydrogen-bond donors (Lipinski definition) is 2. The minimum absolute atomic E-state index is 0. The van der Waals surface area contributed by atoms with Gasteiger partial charge in [-0.25, -0.2) is 4.39 Å². The molecule has 23 heavy (non-hydrogen) atoms. The van der Waals surface area contributed by atoms with Gasteiger partial charge in [-0.15, -0.1) is 24.8 Å². The normalized spacial score (nSPS) is 17.0. The molecule has 1 fully saturated rings. The van der Waals surface area contributed by atoms with Gasteiger partial charge in [0.1, 0.15) is 12.4 Å². The quantitative estimate of drug-likeness (QED) is 0.599. The van der Waals surface area contributed by atoms with E-state index < -0.39 is 18.2 Å². The molecule has 0 saturated carbocycles. The fourth-order valence-electron chi connectivity index (χ4n) is 2.37. The largest absolute Gasteiger partial charge is 0.508 e. The van der Waals surface area contributed by atoms with Gasteiger partial charge in [-0.1, -0.05) is 0 Å². The fraction of sp³-hybridized carbons (Fsp3) is 0.538. The Morgan fingerprint density at radius 3 is 2.35 bits per heavy atom. The van der Waals surface area contributed by atoms with Gasteiger partial charge < -0.3 is 10.4 Å². The molecule has 1 aromatic carbocycles. The SMILES string of the molecule is Cl.Cl.Oc1ccc(SC(F)(F)F)cc1[C@@H](CF)N1CCNCC1. The highest BCUT2D eigenvalue weighted by Crippen LogP contribution is 2.40. The van der Waals surface area contributed by atoms with Gasteiger partial charge in [0.15, 0.2) is 0 Å². The summed E-state index contributed by atoms with van der Waals surface area (Å²) in [6.07, 6.45) is 0. The number of piperazine rings is 1. The molecule has 134 valence electrons. The van der Waals surface area contributed by atoms with Gasteiger partial charge in [0.25, 0.3) is 0 Å². The molecule has 0 aliphatic carbocycles. The molecule has 1 atom stereocenters. The zero-order valence-corrected chi connectivity index (χ0v) is 14.4. The highest BCUT2D eigenvalue weighted by Gasteiger charge is 2.31. The standard InChI is InChI=1S/C13H16F4N2OS.2ClH/c14-8-11(19-5-3-18-4-6-19)10-7-9(1-2-12(10)20)21-13(15,16)17;;/h1-2,7,11,18,20H,3-6,8H2;2*1H/t11-;;/m1../s1. The van der Waals surface area contributed by atoms with Crippen LogP contribution in [0.15, 0.2) is 23.1 Å². The molecule has 1 aliphatic heterocycles. The summed E-state index contributed by atoms with van der Waals surface area (Å²) in [5.41, 5.74) is -4.21. The van der Waals surface area contributed by atoms with Gasteiger partial charge in [0.05, 0.1) is 6.04 Å². The van der Waals surface area contributed by atoms with Crippen LogP contribution in [0.1, 0.15) is 11.6 Å². The van der Waals surface area contributed by atoms with E-state index in [0.29, 0.717) is 26.2 Å². The Morgan fingerprint density at radius 2 is 1.83 bits per heavy atom. The molecule has 0 unspecified atom stereocenters. The van der Waals surface area contributed by atoms with Crippen LogP contribution in [-0.4, -0.2) is 48.4 Å². The topological polar surface area (TPSA) is 35.5 Å². The Kier molecular flexibility index (Phi) is 9.61. The van der Waals surface area contributed by atoms with Crippen LogP contribution in [0.2, 0.25) is 0 Å². The van der Waals surface area contributed by atoms with Crippen LogP contribution >= 0.6 is 36.6 Å². The molecular weight excluding hydrogens is 379 g/mol. The molecule has 10 heteroatoms. The number of nitrogens with one attached hydrogen (secondary N) is 1. The van der Waals surface area contributed by atoms with E-state index in [4.69, 9.17) is 0 Å². The summed E-state index contributed by atoms with van der Waals surface area (Å²) in [7, 11) is 0. The summed E-state index contributed by atoms with van der Waals surface area (Å²) >= 11 is -0.266. The van der Waals surface area contributed by atoms with Gasteiger partial charge in [-0.3, -0.25) is 4.90 Å². The van der Waals surface area contributed by atoms with E-state index in [0.717, 1.165) is 0 Å². The lowest BCUT2D eigenvalue weighted by Crippen LogP contribution is -2.45. The number of rotatable bonds is 4. The predicted octanol–water partition coefficient (Wildman–Crippen LogP) is 3.76. The lowest BCUT2D eigenvalue weighted by molar-refractivity contribution is -0.0328. The van der Waals surface area contributed by atoms with Crippen molar-refractivity contribution in [1.82, 2.24) is 10.2 Å². The Hall–Kier alpha value is -0.410. The second kappa shape index (κ2) is 9.78. The molecule has 0 spiro atoms. The fourth-order valence-corrected chi connectivity index (χ4v) is 2.96. The molecular formula is C13H18Cl2F4N2OS. The monoisotopic (exact) mass is 396 g/mol. The van der Waals surface area contributed by atoms with E-state index in [9.17, 15) is 22.7 Å². The third-order valence-corrected chi connectivity index (χ3v) is 4.05. The molecule has 0 aromatic heterocycles. The van der Waals surface area contributed by atoms with Crippen molar-refractivity contribution in [3.63, 3.8) is 0 Å². The molecule has 0 amide bonds. The van der Waals surface area contributed by atoms with Crippen molar-refractivity contribution in [2.45, 2.75) is 16.4 Å². The molecule has 2 N–H and O–H groups in total. The van der Waals surface area contributed by atoms with Crippen LogP contribution in [0, 0.1) is 0 Å². The van der Waals surface area contributed by atoms with Crippen molar-refractivity contribution >= 4 is 36.6 Å². The van der Waals surface area contributed by atoms with E-state index in [1.165, 1.54) is 18.2 Å². The van der Waals surface area contributed by atoms with Crippen LogP contribution in [-0.2, 0) is 0 Å². The van der Waals surface area contributed by atoms with Crippen molar-refractivity contribution in [3.8, 4) is 5.75 Å². The number of hydrogen-bond acceptors (Lipinski definition) is 4. The highest BCUT2D eigenvalue weighted by molar-refractivity contribution is 8.00. The highest BCUT2D eigenvalue weighted by atomic mass is 35.5. The number of phenols is 1. The van der Waals surface area contributed by atoms with Gasteiger partial charge in [-0.05, 0) is 30.0 Å². The molecule has 3 nitrogen and oxygen atoms in total. The summed E-state index contributed by atoms with van der Waals surface area (Å²) in [6.45, 7) is 1.80. The lowest BCUT2D eigenvalue weighted by Gasteiger charge is -2.34. The lowest BCUT2D eigenvalue weighted by atomic mass is 10.0. The molecule has 0 bridgehead atoms. The Morgan fingerprint density at radius 1 is 1.22 bits per heavy atom. The van der Waals surface area contributed by atoms with Gasteiger partial charge in [0, 0.05) is 36.6 Å². The summed E-state index contributed by atoms with van der Waals surface area (Å²) in [5.74, 6) is -0.178. The summed E-state index contributed by atoms with van der Waals surface area (Å²) in [6, 6.07) is 2.87. The van der Waals surface area contributed by atoms with Gasteiger partial charge in [-0.2, -0.15) is 13.2 Å². The van der Waals surface area contributed by atoms with Crippen LogP contribution in [0.25, 0.3) is 0 Å². The summed E-state index contributed by atoms with van der Waals surface area (Å²) in [4.78, 5) is 1.78. The minimum Gasteiger partial charge on any atom is -0.508 e. The van der Waals surface area contributed by atoms with Crippen LogP contribution in [0.5, 0.6) is 5.75 Å².